The van der Waals surface area contributed by atoms with Crippen molar-refractivity contribution < 1.29 is 16.8 Å². The first-order chi connectivity index (χ1) is 16.5. The van der Waals surface area contributed by atoms with Crippen LogP contribution >= 0.6 is 22.9 Å². The monoisotopic (exact) mass is 550 g/mol. The number of halogens is 1. The van der Waals surface area contributed by atoms with Gasteiger partial charge in [-0.3, -0.25) is 9.36 Å². The number of rotatable bonds is 8. The van der Waals surface area contributed by atoms with Crippen molar-refractivity contribution in [3.8, 4) is 0 Å². The molecule has 4 aromatic rings. The van der Waals surface area contributed by atoms with Gasteiger partial charge in [0.15, 0.2) is 9.84 Å². The van der Waals surface area contributed by atoms with Gasteiger partial charge in [-0.1, -0.05) is 60.2 Å². The fourth-order valence-corrected chi connectivity index (χ4v) is 6.91. The third-order valence-electron chi connectivity index (χ3n) is 5.65. The maximum Gasteiger partial charge on any atom is 0.308 e. The van der Waals surface area contributed by atoms with Crippen molar-refractivity contribution in [3.63, 3.8) is 0 Å². The third-order valence-corrected chi connectivity index (χ3v) is 9.56. The first kappa shape index (κ1) is 25.6. The Balaban J connectivity index is 1.63. The number of sulfone groups is 1. The molecule has 1 aromatic heterocycles. The molecule has 0 amide bonds. The predicted molar refractivity (Wildman–Crippen MR) is 140 cm³/mol. The minimum absolute atomic E-state index is 0.0438. The molecule has 0 radical (unpaired) electrons. The standard InChI is InChI=1S/C24H23ClN2O5S3/c1-3-21(16-8-10-18(11-9-16)34(2,29)30)26-35(31,32)19-12-13-22-23(14-19)33-24(28)27(22)15-17-6-4-5-7-20(17)25/h4-14,21,26H,3,15H2,1-2H3/t21-/m1/s1. The van der Waals surface area contributed by atoms with E-state index < -0.39 is 25.9 Å². The van der Waals surface area contributed by atoms with Crippen molar-refractivity contribution in [2.75, 3.05) is 6.26 Å². The number of hydrogen-bond donors (Lipinski definition) is 1. The number of nitrogens with one attached hydrogen (secondary N) is 1. The number of hydrogen-bond acceptors (Lipinski definition) is 6. The molecule has 0 aliphatic rings. The lowest BCUT2D eigenvalue weighted by Crippen LogP contribution is -2.28. The van der Waals surface area contributed by atoms with E-state index in [1.54, 1.807) is 28.8 Å². The van der Waals surface area contributed by atoms with E-state index in [4.69, 9.17) is 11.6 Å². The van der Waals surface area contributed by atoms with Crippen molar-refractivity contribution >= 4 is 53.0 Å². The van der Waals surface area contributed by atoms with Gasteiger partial charge in [-0.05, 0) is 53.9 Å². The van der Waals surface area contributed by atoms with Crippen LogP contribution < -0.4 is 9.60 Å². The van der Waals surface area contributed by atoms with Gasteiger partial charge in [0.05, 0.1) is 26.6 Å². The van der Waals surface area contributed by atoms with E-state index in [-0.39, 0.29) is 21.2 Å². The molecule has 1 N–H and O–H groups in total. The van der Waals surface area contributed by atoms with Gasteiger partial charge in [0.25, 0.3) is 0 Å². The largest absolute Gasteiger partial charge is 0.308 e. The zero-order valence-corrected chi connectivity index (χ0v) is 22.1. The normalized spacial score (nSPS) is 13.2. The lowest BCUT2D eigenvalue weighted by Gasteiger charge is -2.18. The van der Waals surface area contributed by atoms with Crippen LogP contribution in [0.3, 0.4) is 0 Å². The Morgan fingerprint density at radius 3 is 2.26 bits per heavy atom. The zero-order valence-electron chi connectivity index (χ0n) is 18.9. The Labute approximate surface area is 213 Å². The highest BCUT2D eigenvalue weighted by Gasteiger charge is 2.22. The lowest BCUT2D eigenvalue weighted by atomic mass is 10.1. The number of fused-ring (bicyclic) bond motifs is 1. The predicted octanol–water partition coefficient (Wildman–Crippen LogP) is 4.60. The van der Waals surface area contributed by atoms with Crippen LogP contribution in [-0.2, 0) is 26.4 Å². The van der Waals surface area contributed by atoms with Crippen LogP contribution in [0.2, 0.25) is 5.02 Å². The topological polar surface area (TPSA) is 102 Å². The molecule has 0 fully saturated rings. The average Bonchev–Trinajstić information content (AvgIpc) is 3.12. The molecule has 35 heavy (non-hydrogen) atoms. The number of thiazole rings is 1. The second kappa shape index (κ2) is 9.87. The molecule has 3 aromatic carbocycles. The summed E-state index contributed by atoms with van der Waals surface area (Å²) in [6.07, 6.45) is 1.58. The highest BCUT2D eigenvalue weighted by atomic mass is 35.5. The summed E-state index contributed by atoms with van der Waals surface area (Å²) in [5, 5.41) is 0.553. The molecule has 0 aliphatic heterocycles. The Morgan fingerprint density at radius 2 is 1.63 bits per heavy atom. The summed E-state index contributed by atoms with van der Waals surface area (Å²) in [7, 11) is -7.26. The van der Waals surface area contributed by atoms with Crippen molar-refractivity contribution in [2.45, 2.75) is 35.7 Å². The first-order valence-corrected chi connectivity index (χ1v) is 15.3. The van der Waals surface area contributed by atoms with Crippen molar-refractivity contribution in [1.82, 2.24) is 9.29 Å². The van der Waals surface area contributed by atoms with E-state index in [1.165, 1.54) is 24.3 Å². The molecule has 184 valence electrons. The van der Waals surface area contributed by atoms with E-state index in [2.05, 4.69) is 4.72 Å². The van der Waals surface area contributed by atoms with Gasteiger partial charge in [-0.2, -0.15) is 0 Å². The highest BCUT2D eigenvalue weighted by Crippen LogP contribution is 2.26. The number of sulfonamides is 1. The molecule has 11 heteroatoms. The van der Waals surface area contributed by atoms with Crippen LogP contribution in [0.5, 0.6) is 0 Å². The van der Waals surface area contributed by atoms with Crippen LogP contribution in [0, 0.1) is 0 Å². The number of benzene rings is 3. The summed E-state index contributed by atoms with van der Waals surface area (Å²) >= 11 is 7.22. The van der Waals surface area contributed by atoms with Gasteiger partial charge in [0.1, 0.15) is 0 Å². The Hall–Kier alpha value is -2.50. The van der Waals surface area contributed by atoms with Gasteiger partial charge in [0, 0.05) is 17.3 Å². The van der Waals surface area contributed by atoms with E-state index >= 15 is 0 Å². The number of aromatic nitrogens is 1. The van der Waals surface area contributed by atoms with Gasteiger partial charge < -0.3 is 0 Å². The summed E-state index contributed by atoms with van der Waals surface area (Å²) in [6, 6.07) is 17.4. The molecule has 0 saturated carbocycles. The molecular formula is C24H23ClN2O5S3. The average molecular weight is 551 g/mol. The summed E-state index contributed by atoms with van der Waals surface area (Å²) in [5.41, 5.74) is 2.07. The van der Waals surface area contributed by atoms with Gasteiger partial charge in [0.2, 0.25) is 10.0 Å². The summed E-state index contributed by atoms with van der Waals surface area (Å²) in [5.74, 6) is 0. The van der Waals surface area contributed by atoms with E-state index in [9.17, 15) is 21.6 Å². The van der Waals surface area contributed by atoms with Crippen LogP contribution in [-0.4, -0.2) is 27.7 Å². The Morgan fingerprint density at radius 1 is 0.971 bits per heavy atom. The summed E-state index contributed by atoms with van der Waals surface area (Å²) in [6.45, 7) is 2.12. The van der Waals surface area contributed by atoms with Crippen LogP contribution in [0.25, 0.3) is 10.2 Å². The van der Waals surface area contributed by atoms with Crippen molar-refractivity contribution in [3.05, 3.63) is 92.5 Å². The summed E-state index contributed by atoms with van der Waals surface area (Å²) in [4.78, 5) is 12.7. The fraction of sp³-hybridized carbons (Fsp3) is 0.208. The number of nitrogens with zero attached hydrogens (tertiary/aromatic N) is 1. The van der Waals surface area contributed by atoms with E-state index in [0.717, 1.165) is 23.2 Å². The van der Waals surface area contributed by atoms with Crippen LogP contribution in [0.4, 0.5) is 0 Å². The fourth-order valence-electron chi connectivity index (χ4n) is 3.75. The second-order valence-electron chi connectivity index (χ2n) is 8.10. The minimum Gasteiger partial charge on any atom is -0.294 e. The van der Waals surface area contributed by atoms with Crippen LogP contribution in [0.1, 0.15) is 30.5 Å². The lowest BCUT2D eigenvalue weighted by molar-refractivity contribution is 0.550. The molecule has 0 aliphatic carbocycles. The molecule has 1 heterocycles. The van der Waals surface area contributed by atoms with Crippen molar-refractivity contribution in [1.29, 1.82) is 0 Å². The maximum absolute atomic E-state index is 13.2. The molecule has 0 spiro atoms. The minimum atomic E-state index is -3.91. The molecule has 0 unspecified atom stereocenters. The molecular weight excluding hydrogens is 528 g/mol. The SMILES string of the molecule is CC[C@@H](NS(=O)(=O)c1ccc2c(c1)sc(=O)n2Cc1ccccc1Cl)c1ccc(S(C)(=O)=O)cc1. The van der Waals surface area contributed by atoms with Gasteiger partial charge in [-0.25, -0.2) is 21.6 Å². The van der Waals surface area contributed by atoms with Gasteiger partial charge >= 0.3 is 4.87 Å². The third kappa shape index (κ3) is 5.52. The molecule has 0 saturated heterocycles. The zero-order chi connectivity index (χ0) is 25.4. The highest BCUT2D eigenvalue weighted by molar-refractivity contribution is 7.90. The molecule has 7 nitrogen and oxygen atoms in total. The van der Waals surface area contributed by atoms with Gasteiger partial charge in [-0.15, -0.1) is 0 Å². The first-order valence-electron chi connectivity index (χ1n) is 10.7. The maximum atomic E-state index is 13.2. The molecule has 0 bridgehead atoms. The summed E-state index contributed by atoms with van der Waals surface area (Å²) < 4.78 is 54.6. The Bertz CT molecular complexity index is 1660. The van der Waals surface area contributed by atoms with Crippen molar-refractivity contribution in [2.24, 2.45) is 0 Å². The smallest absolute Gasteiger partial charge is 0.294 e. The van der Waals surface area contributed by atoms with E-state index in [1.807, 2.05) is 25.1 Å². The Kier molecular flexibility index (Phi) is 7.21. The second-order valence-corrected chi connectivity index (χ2v) is 13.2. The van der Waals surface area contributed by atoms with Crippen LogP contribution in [0.15, 0.2) is 81.3 Å². The van der Waals surface area contributed by atoms with E-state index in [0.29, 0.717) is 27.2 Å². The quantitative estimate of drug-likeness (QED) is 0.345. The molecule has 1 atom stereocenters. The molecule has 4 rings (SSSR count).